The van der Waals surface area contributed by atoms with Crippen LogP contribution in [0.1, 0.15) is 38.1 Å². The highest BCUT2D eigenvalue weighted by Gasteiger charge is 2.16. The van der Waals surface area contributed by atoms with Gasteiger partial charge in [-0.15, -0.1) is 11.3 Å². The Morgan fingerprint density at radius 3 is 2.70 bits per heavy atom. The number of rotatable bonds is 4. The van der Waals surface area contributed by atoms with Crippen molar-refractivity contribution in [1.29, 1.82) is 0 Å². The lowest BCUT2D eigenvalue weighted by Gasteiger charge is -2.09. The summed E-state index contributed by atoms with van der Waals surface area (Å²) in [6.45, 7) is 3.79. The topological polar surface area (TPSA) is 66.4 Å². The van der Waals surface area contributed by atoms with E-state index in [1.807, 2.05) is 25.3 Å². The maximum Gasteiger partial charge on any atom is 0.337 e. The number of carbonyl (C=O) groups excluding carboxylic acids is 1. The summed E-state index contributed by atoms with van der Waals surface area (Å²) < 4.78 is 0. The van der Waals surface area contributed by atoms with Gasteiger partial charge in [-0.2, -0.15) is 0 Å². The summed E-state index contributed by atoms with van der Waals surface area (Å²) in [5.41, 5.74) is 2.23. The zero-order valence-corrected chi connectivity index (χ0v) is 12.1. The van der Waals surface area contributed by atoms with Gasteiger partial charge >= 0.3 is 5.97 Å². The first-order valence-electron chi connectivity index (χ1n) is 6.24. The lowest BCUT2D eigenvalue weighted by atomic mass is 10.1. The van der Waals surface area contributed by atoms with Crippen LogP contribution in [0.2, 0.25) is 0 Å². The minimum absolute atomic E-state index is 0.105. The SMILES string of the molecule is CCc1ccsc1C(=O)Nc1ccc(C)cc1C(=O)O. The van der Waals surface area contributed by atoms with Gasteiger partial charge in [0.25, 0.3) is 5.91 Å². The van der Waals surface area contributed by atoms with E-state index in [1.165, 1.54) is 11.3 Å². The number of hydrogen-bond donors (Lipinski definition) is 2. The van der Waals surface area contributed by atoms with Crippen molar-refractivity contribution in [3.63, 3.8) is 0 Å². The summed E-state index contributed by atoms with van der Waals surface area (Å²) in [6, 6.07) is 6.85. The molecule has 1 aromatic carbocycles. The standard InChI is InChI=1S/C15H15NO3S/c1-3-10-6-7-20-13(10)14(17)16-12-5-4-9(2)8-11(12)15(18)19/h4-8H,3H2,1-2H3,(H,16,17)(H,18,19). The zero-order valence-electron chi connectivity index (χ0n) is 11.3. The molecule has 2 N–H and O–H groups in total. The molecule has 0 saturated heterocycles. The second-order valence-corrected chi connectivity index (χ2v) is 5.35. The monoisotopic (exact) mass is 289 g/mol. The third-order valence-corrected chi connectivity index (χ3v) is 3.94. The molecule has 0 saturated carbocycles. The Morgan fingerprint density at radius 1 is 1.30 bits per heavy atom. The molecule has 0 bridgehead atoms. The number of aryl methyl sites for hydroxylation is 2. The van der Waals surface area contributed by atoms with Gasteiger partial charge in [0.1, 0.15) is 0 Å². The Labute approximate surface area is 121 Å². The Balaban J connectivity index is 2.31. The van der Waals surface area contributed by atoms with Crippen molar-refractivity contribution in [2.45, 2.75) is 20.3 Å². The lowest BCUT2D eigenvalue weighted by molar-refractivity contribution is 0.0698. The Kier molecular flexibility index (Phi) is 4.20. The zero-order chi connectivity index (χ0) is 14.7. The molecular formula is C15H15NO3S. The van der Waals surface area contributed by atoms with Crippen molar-refractivity contribution in [3.05, 3.63) is 51.2 Å². The molecule has 2 aromatic rings. The van der Waals surface area contributed by atoms with Gasteiger partial charge in [0.2, 0.25) is 0 Å². The van der Waals surface area contributed by atoms with E-state index in [0.29, 0.717) is 10.6 Å². The number of anilines is 1. The van der Waals surface area contributed by atoms with Crippen molar-refractivity contribution in [3.8, 4) is 0 Å². The van der Waals surface area contributed by atoms with Crippen LogP contribution < -0.4 is 5.32 Å². The number of benzene rings is 1. The van der Waals surface area contributed by atoms with E-state index < -0.39 is 5.97 Å². The van der Waals surface area contributed by atoms with E-state index in [4.69, 9.17) is 0 Å². The number of carboxylic acid groups (broad SMARTS) is 1. The van der Waals surface area contributed by atoms with E-state index >= 15 is 0 Å². The minimum atomic E-state index is -1.05. The lowest BCUT2D eigenvalue weighted by Crippen LogP contribution is -2.15. The summed E-state index contributed by atoms with van der Waals surface area (Å²) in [5.74, 6) is -1.31. The van der Waals surface area contributed by atoms with Gasteiger partial charge in [0.05, 0.1) is 16.1 Å². The Morgan fingerprint density at radius 2 is 2.05 bits per heavy atom. The van der Waals surface area contributed by atoms with Crippen LogP contribution in [0, 0.1) is 6.92 Å². The van der Waals surface area contributed by atoms with Crippen molar-refractivity contribution >= 4 is 28.9 Å². The van der Waals surface area contributed by atoms with Crippen molar-refractivity contribution < 1.29 is 14.7 Å². The summed E-state index contributed by atoms with van der Waals surface area (Å²) in [4.78, 5) is 24.1. The number of carbonyl (C=O) groups is 2. The highest BCUT2D eigenvalue weighted by Crippen LogP contribution is 2.22. The fourth-order valence-corrected chi connectivity index (χ4v) is 2.83. The van der Waals surface area contributed by atoms with Gasteiger partial charge in [-0.25, -0.2) is 4.79 Å². The third-order valence-electron chi connectivity index (χ3n) is 2.99. The van der Waals surface area contributed by atoms with Gasteiger partial charge in [-0.1, -0.05) is 18.6 Å². The molecule has 5 heteroatoms. The maximum absolute atomic E-state index is 12.2. The molecule has 1 amide bonds. The average Bonchev–Trinajstić information content (AvgIpc) is 2.89. The van der Waals surface area contributed by atoms with Crippen molar-refractivity contribution in [2.24, 2.45) is 0 Å². The molecule has 0 aliphatic heterocycles. The van der Waals surface area contributed by atoms with Gasteiger partial charge in [-0.05, 0) is 42.5 Å². The molecular weight excluding hydrogens is 274 g/mol. The van der Waals surface area contributed by atoms with Crippen LogP contribution in [0.5, 0.6) is 0 Å². The highest BCUT2D eigenvalue weighted by molar-refractivity contribution is 7.12. The molecule has 0 fully saturated rings. The Hall–Kier alpha value is -2.14. The van der Waals surface area contributed by atoms with Crippen LogP contribution in [0.25, 0.3) is 0 Å². The molecule has 4 nitrogen and oxygen atoms in total. The second-order valence-electron chi connectivity index (χ2n) is 4.44. The van der Waals surface area contributed by atoms with Crippen LogP contribution in [-0.2, 0) is 6.42 Å². The molecule has 0 aliphatic rings. The van der Waals surface area contributed by atoms with E-state index in [2.05, 4.69) is 5.32 Å². The number of nitrogens with one attached hydrogen (secondary N) is 1. The number of amides is 1. The number of carboxylic acids is 1. The maximum atomic E-state index is 12.2. The predicted octanol–water partition coefficient (Wildman–Crippen LogP) is 3.57. The van der Waals surface area contributed by atoms with Crippen LogP contribution in [-0.4, -0.2) is 17.0 Å². The minimum Gasteiger partial charge on any atom is -0.478 e. The van der Waals surface area contributed by atoms with Gasteiger partial charge in [-0.3, -0.25) is 4.79 Å². The van der Waals surface area contributed by atoms with E-state index in [9.17, 15) is 14.7 Å². The highest BCUT2D eigenvalue weighted by atomic mass is 32.1. The predicted molar refractivity (Wildman–Crippen MR) is 79.8 cm³/mol. The van der Waals surface area contributed by atoms with Crippen LogP contribution >= 0.6 is 11.3 Å². The molecule has 1 aromatic heterocycles. The summed E-state index contributed by atoms with van der Waals surface area (Å²) >= 11 is 1.36. The van der Waals surface area contributed by atoms with Crippen LogP contribution in [0.4, 0.5) is 5.69 Å². The van der Waals surface area contributed by atoms with Crippen LogP contribution in [0.15, 0.2) is 29.6 Å². The fraction of sp³-hybridized carbons (Fsp3) is 0.200. The number of aromatic carboxylic acids is 1. The summed E-state index contributed by atoms with van der Waals surface area (Å²) in [6.07, 6.45) is 0.770. The van der Waals surface area contributed by atoms with Gasteiger partial charge in [0, 0.05) is 0 Å². The summed E-state index contributed by atoms with van der Waals surface area (Å²) in [7, 11) is 0. The quantitative estimate of drug-likeness (QED) is 0.904. The molecule has 104 valence electrons. The molecule has 2 rings (SSSR count). The van der Waals surface area contributed by atoms with Crippen molar-refractivity contribution in [2.75, 3.05) is 5.32 Å². The molecule has 0 spiro atoms. The van der Waals surface area contributed by atoms with Crippen LogP contribution in [0.3, 0.4) is 0 Å². The molecule has 0 unspecified atom stereocenters. The van der Waals surface area contributed by atoms with Gasteiger partial charge < -0.3 is 10.4 Å². The first-order chi connectivity index (χ1) is 9.52. The smallest absolute Gasteiger partial charge is 0.337 e. The second kappa shape index (κ2) is 5.88. The van der Waals surface area contributed by atoms with Gasteiger partial charge in [0.15, 0.2) is 0 Å². The normalized spacial score (nSPS) is 10.3. The van der Waals surface area contributed by atoms with Crippen molar-refractivity contribution in [1.82, 2.24) is 0 Å². The molecule has 0 atom stereocenters. The number of thiophene rings is 1. The molecule has 0 radical (unpaired) electrons. The molecule has 0 aliphatic carbocycles. The van der Waals surface area contributed by atoms with E-state index in [-0.39, 0.29) is 11.5 Å². The van der Waals surface area contributed by atoms with E-state index in [0.717, 1.165) is 17.5 Å². The number of hydrogen-bond acceptors (Lipinski definition) is 3. The molecule has 20 heavy (non-hydrogen) atoms. The first-order valence-corrected chi connectivity index (χ1v) is 7.12. The molecule has 1 heterocycles. The largest absolute Gasteiger partial charge is 0.478 e. The summed E-state index contributed by atoms with van der Waals surface area (Å²) in [5, 5.41) is 13.7. The van der Waals surface area contributed by atoms with E-state index in [1.54, 1.807) is 18.2 Å². The first kappa shape index (κ1) is 14.3. The average molecular weight is 289 g/mol. The Bertz CT molecular complexity index is 661. The fourth-order valence-electron chi connectivity index (χ4n) is 1.94. The third kappa shape index (κ3) is 2.88.